The number of pyridine rings is 1. The van der Waals surface area contributed by atoms with Crippen molar-refractivity contribution in [2.75, 3.05) is 39.3 Å². The molecule has 7 heteroatoms. The lowest BCUT2D eigenvalue weighted by Crippen LogP contribution is -2.50. The molecule has 6 nitrogen and oxygen atoms in total. The fourth-order valence-electron chi connectivity index (χ4n) is 2.40. The van der Waals surface area contributed by atoms with E-state index in [0.717, 1.165) is 31.0 Å². The van der Waals surface area contributed by atoms with Crippen molar-refractivity contribution in [1.29, 1.82) is 0 Å². The van der Waals surface area contributed by atoms with Crippen LogP contribution in [0.4, 0.5) is 4.79 Å². The van der Waals surface area contributed by atoms with Gasteiger partial charge < -0.3 is 14.4 Å². The van der Waals surface area contributed by atoms with Crippen molar-refractivity contribution in [3.05, 3.63) is 18.3 Å². The third kappa shape index (κ3) is 6.57. The molecule has 1 amide bonds. The highest BCUT2D eigenvalue weighted by Crippen LogP contribution is 2.13. The van der Waals surface area contributed by atoms with E-state index in [1.54, 1.807) is 11.1 Å². The zero-order valence-corrected chi connectivity index (χ0v) is 15.6. The number of rotatable bonds is 5. The van der Waals surface area contributed by atoms with E-state index in [9.17, 15) is 4.79 Å². The molecule has 0 saturated carbocycles. The second-order valence-electron chi connectivity index (χ2n) is 6.87. The molecule has 2 heterocycles. The van der Waals surface area contributed by atoms with E-state index in [4.69, 9.17) is 9.47 Å². The van der Waals surface area contributed by atoms with Crippen molar-refractivity contribution in [3.63, 3.8) is 0 Å². The molecule has 1 aliphatic rings. The molecule has 0 radical (unpaired) electrons. The van der Waals surface area contributed by atoms with Gasteiger partial charge in [0.25, 0.3) is 0 Å². The minimum Gasteiger partial charge on any atom is -0.478 e. The summed E-state index contributed by atoms with van der Waals surface area (Å²) >= 11 is 4.19. The molecule has 24 heavy (non-hydrogen) atoms. The number of thiol groups is 1. The van der Waals surface area contributed by atoms with Crippen molar-refractivity contribution in [3.8, 4) is 5.88 Å². The number of carbonyl (C=O) groups excluding carboxylic acids is 1. The lowest BCUT2D eigenvalue weighted by molar-refractivity contribution is 0.0142. The van der Waals surface area contributed by atoms with Crippen molar-refractivity contribution in [1.82, 2.24) is 14.8 Å². The van der Waals surface area contributed by atoms with Gasteiger partial charge in [0, 0.05) is 49.9 Å². The lowest BCUT2D eigenvalue weighted by Gasteiger charge is -2.35. The fourth-order valence-corrected chi connectivity index (χ4v) is 2.54. The van der Waals surface area contributed by atoms with E-state index < -0.39 is 5.60 Å². The summed E-state index contributed by atoms with van der Waals surface area (Å²) in [5.74, 6) is 0.627. The molecule has 0 spiro atoms. The molecule has 0 N–H and O–H groups in total. The van der Waals surface area contributed by atoms with Gasteiger partial charge in [-0.25, -0.2) is 9.78 Å². The molecule has 2 rings (SSSR count). The van der Waals surface area contributed by atoms with Gasteiger partial charge in [0.2, 0.25) is 5.88 Å². The van der Waals surface area contributed by atoms with Crippen LogP contribution in [0, 0.1) is 0 Å². The minimum absolute atomic E-state index is 0.218. The molecule has 134 valence electrons. The highest BCUT2D eigenvalue weighted by molar-refractivity contribution is 7.80. The zero-order valence-electron chi connectivity index (χ0n) is 14.7. The quantitative estimate of drug-likeness (QED) is 0.651. The van der Waals surface area contributed by atoms with Gasteiger partial charge in [0.05, 0.1) is 6.61 Å². The van der Waals surface area contributed by atoms with Gasteiger partial charge in [-0.1, -0.05) is 0 Å². The Morgan fingerprint density at radius 1 is 1.25 bits per heavy atom. The number of amides is 1. The second kappa shape index (κ2) is 8.58. The maximum absolute atomic E-state index is 12.0. The van der Waals surface area contributed by atoms with Crippen LogP contribution in [0.5, 0.6) is 5.88 Å². The molecule has 0 aromatic carbocycles. The first-order valence-electron chi connectivity index (χ1n) is 8.31. The monoisotopic (exact) mass is 353 g/mol. The Morgan fingerprint density at radius 2 is 1.96 bits per heavy atom. The Kier molecular flexibility index (Phi) is 6.74. The van der Waals surface area contributed by atoms with E-state index in [2.05, 4.69) is 22.5 Å². The molecule has 0 bridgehead atoms. The average Bonchev–Trinajstić information content (AvgIpc) is 2.52. The van der Waals surface area contributed by atoms with Gasteiger partial charge in [-0.3, -0.25) is 4.90 Å². The van der Waals surface area contributed by atoms with E-state index in [1.807, 2.05) is 32.9 Å². The summed E-state index contributed by atoms with van der Waals surface area (Å²) in [6, 6.07) is 3.68. The fraction of sp³-hybridized carbons (Fsp3) is 0.647. The largest absolute Gasteiger partial charge is 0.478 e. The van der Waals surface area contributed by atoms with Crippen LogP contribution in [0.15, 0.2) is 23.2 Å². The topological polar surface area (TPSA) is 54.9 Å². The first-order valence-corrected chi connectivity index (χ1v) is 8.76. The Labute approximate surface area is 149 Å². The number of hydrogen-bond acceptors (Lipinski definition) is 6. The van der Waals surface area contributed by atoms with Crippen LogP contribution >= 0.6 is 12.6 Å². The van der Waals surface area contributed by atoms with Crippen molar-refractivity contribution >= 4 is 18.7 Å². The minimum atomic E-state index is -0.440. The zero-order chi connectivity index (χ0) is 17.6. The van der Waals surface area contributed by atoms with Gasteiger partial charge in [-0.05, 0) is 33.3 Å². The number of carbonyl (C=O) groups is 1. The van der Waals surface area contributed by atoms with Crippen molar-refractivity contribution in [2.45, 2.75) is 37.7 Å². The molecule has 1 fully saturated rings. The van der Waals surface area contributed by atoms with Gasteiger partial charge >= 0.3 is 6.09 Å². The van der Waals surface area contributed by atoms with E-state index in [-0.39, 0.29) is 6.09 Å². The first-order chi connectivity index (χ1) is 11.3. The van der Waals surface area contributed by atoms with Crippen molar-refractivity contribution in [2.24, 2.45) is 0 Å². The summed E-state index contributed by atoms with van der Waals surface area (Å²) in [7, 11) is 0. The summed E-state index contributed by atoms with van der Waals surface area (Å²) in [5.41, 5.74) is -0.440. The van der Waals surface area contributed by atoms with Gasteiger partial charge in [-0.2, -0.15) is 0 Å². The van der Waals surface area contributed by atoms with Crippen LogP contribution in [-0.2, 0) is 4.74 Å². The summed E-state index contributed by atoms with van der Waals surface area (Å²) in [4.78, 5) is 21.1. The molecule has 0 aliphatic carbocycles. The van der Waals surface area contributed by atoms with Gasteiger partial charge in [0.15, 0.2) is 0 Å². The second-order valence-corrected chi connectivity index (χ2v) is 7.38. The molecule has 1 aliphatic heterocycles. The van der Waals surface area contributed by atoms with Gasteiger partial charge in [-0.15, -0.1) is 12.6 Å². The Bertz CT molecular complexity index is 523. The maximum atomic E-state index is 12.0. The predicted octanol–water partition coefficient (Wildman–Crippen LogP) is 2.69. The van der Waals surface area contributed by atoms with Crippen LogP contribution in [0.2, 0.25) is 0 Å². The predicted molar refractivity (Wildman–Crippen MR) is 95.8 cm³/mol. The Balaban J connectivity index is 1.61. The summed E-state index contributed by atoms with van der Waals surface area (Å²) in [6.45, 7) is 10.4. The van der Waals surface area contributed by atoms with Crippen LogP contribution in [0.25, 0.3) is 0 Å². The summed E-state index contributed by atoms with van der Waals surface area (Å²) in [6.07, 6.45) is 2.38. The third-order valence-corrected chi connectivity index (χ3v) is 3.88. The number of nitrogens with zero attached hydrogens (tertiary/aromatic N) is 3. The number of aromatic nitrogens is 1. The smallest absolute Gasteiger partial charge is 0.410 e. The number of piperazine rings is 1. The molecule has 0 unspecified atom stereocenters. The highest BCUT2D eigenvalue weighted by atomic mass is 32.1. The van der Waals surface area contributed by atoms with E-state index in [1.165, 1.54) is 0 Å². The van der Waals surface area contributed by atoms with Crippen LogP contribution < -0.4 is 4.74 Å². The average molecular weight is 353 g/mol. The molecular weight excluding hydrogens is 326 g/mol. The number of hydrogen-bond donors (Lipinski definition) is 1. The number of ether oxygens (including phenoxy) is 2. The third-order valence-electron chi connectivity index (χ3n) is 3.61. The van der Waals surface area contributed by atoms with E-state index >= 15 is 0 Å². The van der Waals surface area contributed by atoms with Crippen molar-refractivity contribution < 1.29 is 14.3 Å². The standard InChI is InChI=1S/C17H27N3O3S/c1-17(2,3)23-16(21)20-10-8-19(9-11-20)7-4-12-22-15-6-5-14(24)13-18-15/h5-6,13,24H,4,7-12H2,1-3H3. The SMILES string of the molecule is CC(C)(C)OC(=O)N1CCN(CCCOc2ccc(S)cn2)CC1. The van der Waals surface area contributed by atoms with Crippen LogP contribution in [0.3, 0.4) is 0 Å². The Hall–Kier alpha value is -1.47. The molecule has 1 saturated heterocycles. The highest BCUT2D eigenvalue weighted by Gasteiger charge is 2.25. The van der Waals surface area contributed by atoms with Gasteiger partial charge in [0.1, 0.15) is 5.60 Å². The summed E-state index contributed by atoms with van der Waals surface area (Å²) < 4.78 is 11.0. The van der Waals surface area contributed by atoms with E-state index in [0.29, 0.717) is 25.6 Å². The molecule has 1 aromatic heterocycles. The Morgan fingerprint density at radius 3 is 2.54 bits per heavy atom. The lowest BCUT2D eigenvalue weighted by atomic mass is 10.2. The molecule has 0 atom stereocenters. The molecular formula is C17H27N3O3S. The van der Waals surface area contributed by atoms with Crippen LogP contribution in [0.1, 0.15) is 27.2 Å². The molecule has 1 aromatic rings. The maximum Gasteiger partial charge on any atom is 0.410 e. The van der Waals surface area contributed by atoms with Crippen LogP contribution in [-0.4, -0.2) is 65.8 Å². The summed E-state index contributed by atoms with van der Waals surface area (Å²) in [5, 5.41) is 0. The first kappa shape index (κ1) is 18.9. The normalized spacial score (nSPS) is 16.1.